The van der Waals surface area contributed by atoms with Gasteiger partial charge in [0.25, 0.3) is 0 Å². The normalized spacial score (nSPS) is 11.8. The number of alkyl halides is 3. The van der Waals surface area contributed by atoms with Gasteiger partial charge in [-0.05, 0) is 0 Å². The first-order chi connectivity index (χ1) is 12.4. The molecule has 0 aliphatic carbocycles. The molecule has 26 heavy (non-hydrogen) atoms. The number of hydrogen-bond donors (Lipinski definition) is 0. The Kier molecular flexibility index (Phi) is 5.24. The Morgan fingerprint density at radius 3 is 1.23 bits per heavy atom. The molecule has 0 N–H and O–H groups in total. The summed E-state index contributed by atoms with van der Waals surface area (Å²) in [6, 6.07) is 27.1. The second kappa shape index (κ2) is 7.43. The summed E-state index contributed by atoms with van der Waals surface area (Å²) in [5.74, 6) is -1.79. The van der Waals surface area contributed by atoms with Crippen molar-refractivity contribution in [1.29, 1.82) is 0 Å². The number of ketones is 1. The van der Waals surface area contributed by atoms with E-state index in [2.05, 4.69) is 0 Å². The maximum atomic E-state index is 13.2. The van der Waals surface area contributed by atoms with Crippen molar-refractivity contribution in [3.63, 3.8) is 0 Å². The number of rotatable bonds is 4. The van der Waals surface area contributed by atoms with Crippen LogP contribution in [0, 0.1) is 0 Å². The Hall–Kier alpha value is -2.45. The van der Waals surface area contributed by atoms with Crippen LogP contribution in [-0.2, 0) is 4.79 Å². The number of halogens is 3. The third kappa shape index (κ3) is 3.56. The molecule has 0 radical (unpaired) electrons. The molecule has 0 saturated carbocycles. The minimum absolute atomic E-state index is 0.764. The van der Waals surface area contributed by atoms with E-state index >= 15 is 0 Å². The quantitative estimate of drug-likeness (QED) is 0.598. The Bertz CT molecular complexity index is 830. The van der Waals surface area contributed by atoms with Crippen LogP contribution in [0.1, 0.15) is 0 Å². The van der Waals surface area contributed by atoms with Gasteiger partial charge in [0.05, 0.1) is 0 Å². The predicted molar refractivity (Wildman–Crippen MR) is 101 cm³/mol. The molecular weight excluding hydrogens is 400 g/mol. The maximum absolute atomic E-state index is 13.2. The molecule has 0 unspecified atom stereocenters. The van der Waals surface area contributed by atoms with E-state index in [1.807, 2.05) is 54.6 Å². The van der Waals surface area contributed by atoms with Crippen LogP contribution >= 0.6 is 0 Å². The zero-order valence-corrected chi connectivity index (χ0v) is 15.6. The number of hydrogen-bond acceptors (Lipinski definition) is 1. The molecule has 0 aromatic heterocycles. The standard InChI is InChI=1S/C21H16AsF3O/c23-21(24,25)20(26)16-22(17-10-4-1-5-11-17,18-12-6-2-7-13-18)19-14-8-3-9-15-19/h1-16H. The fourth-order valence-electron chi connectivity index (χ4n) is 2.91. The molecule has 0 bridgehead atoms. The van der Waals surface area contributed by atoms with Crippen molar-refractivity contribution < 1.29 is 18.0 Å². The average Bonchev–Trinajstić information content (AvgIpc) is 2.67. The van der Waals surface area contributed by atoms with E-state index in [1.165, 1.54) is 0 Å². The monoisotopic (exact) mass is 416 g/mol. The molecule has 3 aromatic carbocycles. The molecule has 0 spiro atoms. The summed E-state index contributed by atoms with van der Waals surface area (Å²) in [5.41, 5.74) is 0. The van der Waals surface area contributed by atoms with E-state index in [0.717, 1.165) is 17.9 Å². The second-order valence-corrected chi connectivity index (χ2v) is 12.5. The zero-order valence-electron chi connectivity index (χ0n) is 13.7. The molecule has 0 amide bonds. The number of carbonyl (C=O) groups is 1. The first-order valence-corrected chi connectivity index (χ1v) is 11.9. The summed E-state index contributed by atoms with van der Waals surface area (Å²) in [7, 11) is 0. The van der Waals surface area contributed by atoms with Gasteiger partial charge in [-0.3, -0.25) is 0 Å². The van der Waals surface area contributed by atoms with Gasteiger partial charge in [0.1, 0.15) is 0 Å². The molecule has 0 aliphatic rings. The van der Waals surface area contributed by atoms with Crippen molar-refractivity contribution in [1.82, 2.24) is 0 Å². The Morgan fingerprint density at radius 2 is 0.962 bits per heavy atom. The van der Waals surface area contributed by atoms with Gasteiger partial charge in [-0.1, -0.05) is 0 Å². The third-order valence-electron chi connectivity index (χ3n) is 4.08. The molecule has 0 fully saturated rings. The molecule has 0 saturated heterocycles. The van der Waals surface area contributed by atoms with Gasteiger partial charge in [-0.15, -0.1) is 0 Å². The van der Waals surface area contributed by atoms with E-state index in [1.54, 1.807) is 36.4 Å². The number of benzene rings is 3. The van der Waals surface area contributed by atoms with Crippen molar-refractivity contribution in [2.45, 2.75) is 6.18 Å². The van der Waals surface area contributed by atoms with E-state index in [4.69, 9.17) is 0 Å². The van der Waals surface area contributed by atoms with Crippen molar-refractivity contribution in [3.8, 4) is 0 Å². The van der Waals surface area contributed by atoms with Crippen molar-refractivity contribution in [2.24, 2.45) is 0 Å². The molecule has 0 atom stereocenters. The zero-order chi connectivity index (χ0) is 18.6. The van der Waals surface area contributed by atoms with Crippen LogP contribution in [0.3, 0.4) is 0 Å². The van der Waals surface area contributed by atoms with Crippen LogP contribution in [0.2, 0.25) is 0 Å². The molecule has 3 rings (SSSR count). The van der Waals surface area contributed by atoms with Crippen LogP contribution in [0.25, 0.3) is 0 Å². The van der Waals surface area contributed by atoms with Crippen LogP contribution in [-0.4, -0.2) is 29.9 Å². The Morgan fingerprint density at radius 1 is 0.654 bits per heavy atom. The SMILES string of the molecule is O=C(C=[As](c1ccccc1)(c1ccccc1)c1ccccc1)C(F)(F)F. The molecule has 5 heteroatoms. The Labute approximate surface area is 152 Å². The molecule has 0 heterocycles. The van der Waals surface area contributed by atoms with Crippen LogP contribution in [0.15, 0.2) is 91.0 Å². The first-order valence-electron chi connectivity index (χ1n) is 7.97. The molecule has 132 valence electrons. The van der Waals surface area contributed by atoms with E-state index in [9.17, 15) is 18.0 Å². The molecule has 3 aromatic rings. The van der Waals surface area contributed by atoms with Gasteiger partial charge in [-0.2, -0.15) is 0 Å². The van der Waals surface area contributed by atoms with Gasteiger partial charge in [0.15, 0.2) is 0 Å². The second-order valence-electron chi connectivity index (χ2n) is 5.72. The van der Waals surface area contributed by atoms with Crippen molar-refractivity contribution >= 4 is 36.8 Å². The number of Topliss-reactive ketones (excluding diaryl/α,β-unsaturated/α-hetero) is 1. The van der Waals surface area contributed by atoms with Gasteiger partial charge in [0, 0.05) is 0 Å². The van der Waals surface area contributed by atoms with Crippen molar-refractivity contribution in [2.75, 3.05) is 0 Å². The summed E-state index contributed by atoms with van der Waals surface area (Å²) in [5, 5.41) is 0. The summed E-state index contributed by atoms with van der Waals surface area (Å²) in [6.45, 7) is 0. The average molecular weight is 416 g/mol. The predicted octanol–water partition coefficient (Wildman–Crippen LogP) is 2.67. The van der Waals surface area contributed by atoms with E-state index in [-0.39, 0.29) is 0 Å². The van der Waals surface area contributed by atoms with Gasteiger partial charge >= 0.3 is 152 Å². The summed E-state index contributed by atoms with van der Waals surface area (Å²) in [4.78, 5) is 13.0. The van der Waals surface area contributed by atoms with Crippen molar-refractivity contribution in [3.05, 3.63) is 91.0 Å². The molecular formula is C21H16AsF3O. The van der Waals surface area contributed by atoms with Crippen LogP contribution < -0.4 is 13.1 Å². The summed E-state index contributed by atoms with van der Waals surface area (Å²) >= 11 is -3.76. The van der Waals surface area contributed by atoms with Gasteiger partial charge in [0.2, 0.25) is 0 Å². The van der Waals surface area contributed by atoms with Crippen LogP contribution in [0.4, 0.5) is 13.2 Å². The Balaban J connectivity index is 2.44. The molecule has 0 aliphatic heterocycles. The first kappa shape index (κ1) is 18.3. The van der Waals surface area contributed by atoms with Gasteiger partial charge in [-0.25, -0.2) is 0 Å². The topological polar surface area (TPSA) is 17.1 Å². The summed E-state index contributed by atoms with van der Waals surface area (Å²) < 4.78 is 41.8. The van der Waals surface area contributed by atoms with Crippen LogP contribution in [0.5, 0.6) is 0 Å². The summed E-state index contributed by atoms with van der Waals surface area (Å²) in [6.07, 6.45) is -4.90. The van der Waals surface area contributed by atoms with E-state index < -0.39 is 25.1 Å². The molecule has 1 nitrogen and oxygen atoms in total. The van der Waals surface area contributed by atoms with E-state index in [0.29, 0.717) is 0 Å². The number of carbonyl (C=O) groups excluding carboxylic acids is 1. The fraction of sp³-hybridized carbons (Fsp3) is 0.0476. The van der Waals surface area contributed by atoms with Gasteiger partial charge < -0.3 is 0 Å². The fourth-order valence-corrected chi connectivity index (χ4v) is 10.8. The third-order valence-corrected chi connectivity index (χ3v) is 12.4. The minimum atomic E-state index is -4.90.